The largest absolute Gasteiger partial charge is 0.506 e. The maximum atomic E-state index is 12.7. The Kier molecular flexibility index (Phi) is 4.56. The monoisotopic (exact) mass is 453 g/mol. The van der Waals surface area contributed by atoms with Crippen molar-refractivity contribution in [3.8, 4) is 11.5 Å². The molecule has 0 fully saturated rings. The number of carbonyl (C=O) groups is 1. The zero-order valence-corrected chi connectivity index (χ0v) is 16.0. The third-order valence-electron chi connectivity index (χ3n) is 3.66. The first-order valence-electron chi connectivity index (χ1n) is 6.95. The average Bonchev–Trinajstić information content (AvgIpc) is 3.02. The molecular weight excluding hydrogens is 442 g/mol. The standard InChI is InChI=1S/C17H13Br2NO4/c1-20(9-3-5-10(23-2)6-4-9)17(22)14-7-11-13(24-14)8-12(18)16(21)15(11)19/h3-8,21H,1-2H3. The zero-order valence-electron chi connectivity index (χ0n) is 12.8. The molecule has 1 amide bonds. The molecule has 124 valence electrons. The van der Waals surface area contributed by atoms with Gasteiger partial charge in [-0.2, -0.15) is 0 Å². The van der Waals surface area contributed by atoms with Crippen LogP contribution in [-0.2, 0) is 0 Å². The van der Waals surface area contributed by atoms with Crippen LogP contribution in [-0.4, -0.2) is 25.2 Å². The molecule has 1 aromatic heterocycles. The molecule has 0 spiro atoms. The number of hydrogen-bond donors (Lipinski definition) is 1. The minimum atomic E-state index is -0.293. The van der Waals surface area contributed by atoms with E-state index in [1.165, 1.54) is 4.90 Å². The van der Waals surface area contributed by atoms with Gasteiger partial charge in [0.25, 0.3) is 5.91 Å². The SMILES string of the molecule is COc1ccc(N(C)C(=O)c2cc3c(Br)c(O)c(Br)cc3o2)cc1. The van der Waals surface area contributed by atoms with Crippen LogP contribution in [0.3, 0.4) is 0 Å². The van der Waals surface area contributed by atoms with E-state index in [2.05, 4.69) is 31.9 Å². The number of amides is 1. The van der Waals surface area contributed by atoms with Gasteiger partial charge in [0.15, 0.2) is 5.76 Å². The van der Waals surface area contributed by atoms with Crippen molar-refractivity contribution < 1.29 is 19.1 Å². The highest BCUT2D eigenvalue weighted by atomic mass is 79.9. The van der Waals surface area contributed by atoms with Crippen LogP contribution in [0, 0.1) is 0 Å². The van der Waals surface area contributed by atoms with E-state index in [-0.39, 0.29) is 17.4 Å². The summed E-state index contributed by atoms with van der Waals surface area (Å²) in [6, 6.07) is 10.4. The van der Waals surface area contributed by atoms with Crippen molar-refractivity contribution >= 4 is 54.4 Å². The minimum absolute atomic E-state index is 0.0609. The lowest BCUT2D eigenvalue weighted by Gasteiger charge is -2.16. The van der Waals surface area contributed by atoms with E-state index in [0.29, 0.717) is 31.4 Å². The first-order chi connectivity index (χ1) is 11.4. The molecule has 3 aromatic rings. The third-order valence-corrected chi connectivity index (χ3v) is 5.07. The van der Waals surface area contributed by atoms with E-state index in [4.69, 9.17) is 9.15 Å². The third kappa shape index (κ3) is 2.89. The van der Waals surface area contributed by atoms with Gasteiger partial charge in [0.2, 0.25) is 0 Å². The second-order valence-electron chi connectivity index (χ2n) is 5.11. The first kappa shape index (κ1) is 16.9. The molecule has 7 heteroatoms. The molecule has 1 heterocycles. The van der Waals surface area contributed by atoms with Gasteiger partial charge in [0.05, 0.1) is 16.1 Å². The number of methoxy groups -OCH3 is 1. The Morgan fingerprint density at radius 2 is 1.88 bits per heavy atom. The van der Waals surface area contributed by atoms with Crippen LogP contribution in [0.25, 0.3) is 11.0 Å². The highest BCUT2D eigenvalue weighted by Crippen LogP contribution is 2.40. The van der Waals surface area contributed by atoms with Crippen molar-refractivity contribution in [3.05, 3.63) is 51.1 Å². The fourth-order valence-corrected chi connectivity index (χ4v) is 3.49. The number of ether oxygens (including phenoxy) is 1. The number of phenols is 1. The van der Waals surface area contributed by atoms with Crippen LogP contribution in [0.2, 0.25) is 0 Å². The molecule has 0 saturated heterocycles. The van der Waals surface area contributed by atoms with Crippen LogP contribution in [0.1, 0.15) is 10.6 Å². The summed E-state index contributed by atoms with van der Waals surface area (Å²) in [5.41, 5.74) is 1.21. The number of nitrogens with zero attached hydrogens (tertiary/aromatic N) is 1. The Bertz CT molecular complexity index is 918. The van der Waals surface area contributed by atoms with Gasteiger partial charge in [-0.15, -0.1) is 0 Å². The maximum Gasteiger partial charge on any atom is 0.293 e. The number of furan rings is 1. The Morgan fingerprint density at radius 1 is 1.21 bits per heavy atom. The van der Waals surface area contributed by atoms with E-state index in [1.54, 1.807) is 50.6 Å². The molecule has 0 aliphatic rings. The van der Waals surface area contributed by atoms with Gasteiger partial charge in [-0.3, -0.25) is 4.79 Å². The molecule has 0 saturated carbocycles. The van der Waals surface area contributed by atoms with E-state index >= 15 is 0 Å². The Balaban J connectivity index is 1.97. The molecule has 2 aromatic carbocycles. The highest BCUT2D eigenvalue weighted by molar-refractivity contribution is 9.11. The predicted octanol–water partition coefficient (Wildman–Crippen LogP) is 4.95. The second kappa shape index (κ2) is 6.49. The average molecular weight is 455 g/mol. The molecule has 24 heavy (non-hydrogen) atoms. The maximum absolute atomic E-state index is 12.7. The number of fused-ring (bicyclic) bond motifs is 1. The summed E-state index contributed by atoms with van der Waals surface area (Å²) >= 11 is 6.56. The van der Waals surface area contributed by atoms with E-state index in [1.807, 2.05) is 0 Å². The number of aromatic hydroxyl groups is 1. The lowest BCUT2D eigenvalue weighted by molar-refractivity contribution is 0.0968. The number of rotatable bonds is 3. The molecule has 0 aliphatic heterocycles. The molecule has 0 radical (unpaired) electrons. The van der Waals surface area contributed by atoms with Crippen LogP contribution in [0.5, 0.6) is 11.5 Å². The molecule has 3 rings (SSSR count). The van der Waals surface area contributed by atoms with E-state index in [9.17, 15) is 9.90 Å². The summed E-state index contributed by atoms with van der Waals surface area (Å²) in [4.78, 5) is 14.1. The summed E-state index contributed by atoms with van der Waals surface area (Å²) in [5.74, 6) is 0.666. The van der Waals surface area contributed by atoms with Gasteiger partial charge < -0.3 is 19.2 Å². The highest BCUT2D eigenvalue weighted by Gasteiger charge is 2.21. The van der Waals surface area contributed by atoms with Crippen LogP contribution >= 0.6 is 31.9 Å². The fraction of sp³-hybridized carbons (Fsp3) is 0.118. The van der Waals surface area contributed by atoms with Gasteiger partial charge in [0, 0.05) is 18.1 Å². The molecule has 0 bridgehead atoms. The fourth-order valence-electron chi connectivity index (χ4n) is 2.29. The zero-order chi connectivity index (χ0) is 17.4. The van der Waals surface area contributed by atoms with E-state index < -0.39 is 0 Å². The number of phenolic OH excluding ortho intramolecular Hbond substituents is 1. The van der Waals surface area contributed by atoms with Crippen molar-refractivity contribution in [2.45, 2.75) is 0 Å². The summed E-state index contributed by atoms with van der Waals surface area (Å²) in [6.07, 6.45) is 0. The summed E-state index contributed by atoms with van der Waals surface area (Å²) in [7, 11) is 3.25. The Morgan fingerprint density at radius 3 is 2.50 bits per heavy atom. The minimum Gasteiger partial charge on any atom is -0.506 e. The number of hydrogen-bond acceptors (Lipinski definition) is 4. The van der Waals surface area contributed by atoms with Gasteiger partial charge in [-0.05, 0) is 68.3 Å². The van der Waals surface area contributed by atoms with Gasteiger partial charge in [-0.25, -0.2) is 0 Å². The smallest absolute Gasteiger partial charge is 0.293 e. The summed E-state index contributed by atoms with van der Waals surface area (Å²) in [6.45, 7) is 0. The Hall–Kier alpha value is -1.99. The van der Waals surface area contributed by atoms with Crippen molar-refractivity contribution in [2.75, 3.05) is 19.1 Å². The van der Waals surface area contributed by atoms with E-state index in [0.717, 1.165) is 0 Å². The molecule has 0 unspecified atom stereocenters. The lowest BCUT2D eigenvalue weighted by Crippen LogP contribution is -2.25. The number of benzene rings is 2. The first-order valence-corrected chi connectivity index (χ1v) is 8.53. The molecule has 1 N–H and O–H groups in total. The number of anilines is 1. The molecule has 0 atom stereocenters. The van der Waals surface area contributed by atoms with Gasteiger partial charge in [-0.1, -0.05) is 0 Å². The number of carbonyl (C=O) groups excluding carboxylic acids is 1. The lowest BCUT2D eigenvalue weighted by atomic mass is 10.2. The van der Waals surface area contributed by atoms with Gasteiger partial charge >= 0.3 is 0 Å². The molecular formula is C17H13Br2NO4. The second-order valence-corrected chi connectivity index (χ2v) is 6.75. The summed E-state index contributed by atoms with van der Waals surface area (Å²) < 4.78 is 11.7. The van der Waals surface area contributed by atoms with Crippen LogP contribution in [0.15, 0.2) is 49.8 Å². The predicted molar refractivity (Wildman–Crippen MR) is 99.0 cm³/mol. The van der Waals surface area contributed by atoms with Crippen molar-refractivity contribution in [1.82, 2.24) is 0 Å². The quantitative estimate of drug-likeness (QED) is 0.608. The van der Waals surface area contributed by atoms with Gasteiger partial charge in [0.1, 0.15) is 17.1 Å². The Labute approximate surface area is 155 Å². The number of halogens is 2. The van der Waals surface area contributed by atoms with Crippen molar-refractivity contribution in [1.29, 1.82) is 0 Å². The summed E-state index contributed by atoms with van der Waals surface area (Å²) in [5, 5.41) is 10.6. The molecule has 0 aliphatic carbocycles. The molecule has 5 nitrogen and oxygen atoms in total. The topological polar surface area (TPSA) is 62.9 Å². The normalized spacial score (nSPS) is 10.8. The van der Waals surface area contributed by atoms with Crippen LogP contribution in [0.4, 0.5) is 5.69 Å². The van der Waals surface area contributed by atoms with Crippen LogP contribution < -0.4 is 9.64 Å². The van der Waals surface area contributed by atoms with Crippen molar-refractivity contribution in [3.63, 3.8) is 0 Å². The van der Waals surface area contributed by atoms with Crippen molar-refractivity contribution in [2.24, 2.45) is 0 Å².